The average Bonchev–Trinajstić information content (AvgIpc) is 2.15. The van der Waals surface area contributed by atoms with Gasteiger partial charge in [0.15, 0.2) is 0 Å². The summed E-state index contributed by atoms with van der Waals surface area (Å²) in [6.45, 7) is 4.12. The third-order valence-electron chi connectivity index (χ3n) is 1.96. The highest BCUT2D eigenvalue weighted by Crippen LogP contribution is 2.02. The van der Waals surface area contributed by atoms with Crippen molar-refractivity contribution < 1.29 is 5.11 Å². The lowest BCUT2D eigenvalue weighted by Crippen LogP contribution is -2.15. The zero-order valence-corrected chi connectivity index (χ0v) is 8.09. The Kier molecular flexibility index (Phi) is 4.50. The van der Waals surface area contributed by atoms with Crippen molar-refractivity contribution in [1.82, 2.24) is 5.32 Å². The molecule has 13 heavy (non-hydrogen) atoms. The predicted octanol–water partition coefficient (Wildman–Crippen LogP) is 1.47. The number of benzene rings is 1. The van der Waals surface area contributed by atoms with Crippen LogP contribution in [0.5, 0.6) is 0 Å². The molecule has 72 valence electrons. The van der Waals surface area contributed by atoms with Crippen molar-refractivity contribution in [2.45, 2.75) is 19.9 Å². The minimum Gasteiger partial charge on any atom is -0.396 e. The van der Waals surface area contributed by atoms with Crippen LogP contribution in [-0.2, 0) is 6.54 Å². The molecule has 0 atom stereocenters. The predicted molar refractivity (Wildman–Crippen MR) is 54.6 cm³/mol. The Morgan fingerprint density at radius 2 is 1.92 bits per heavy atom. The van der Waals surface area contributed by atoms with Gasteiger partial charge in [0, 0.05) is 13.2 Å². The summed E-state index contributed by atoms with van der Waals surface area (Å²) in [7, 11) is 0. The average molecular weight is 179 g/mol. The lowest BCUT2D eigenvalue weighted by atomic mass is 10.1. The zero-order chi connectivity index (χ0) is 9.52. The Balaban J connectivity index is 2.25. The third-order valence-corrected chi connectivity index (χ3v) is 1.96. The Hall–Kier alpha value is -0.860. The molecule has 1 rings (SSSR count). The Bertz CT molecular complexity index is 230. The maximum atomic E-state index is 8.56. The molecule has 0 aliphatic carbocycles. The first kappa shape index (κ1) is 10.2. The van der Waals surface area contributed by atoms with E-state index in [1.165, 1.54) is 11.1 Å². The molecule has 1 aromatic carbocycles. The van der Waals surface area contributed by atoms with Crippen molar-refractivity contribution in [2.24, 2.45) is 0 Å². The Labute approximate surface area is 79.6 Å². The first-order chi connectivity index (χ1) is 6.33. The van der Waals surface area contributed by atoms with E-state index in [-0.39, 0.29) is 6.61 Å². The van der Waals surface area contributed by atoms with Crippen molar-refractivity contribution in [2.75, 3.05) is 13.2 Å². The van der Waals surface area contributed by atoms with Gasteiger partial charge in [0.1, 0.15) is 0 Å². The smallest absolute Gasteiger partial charge is 0.0443 e. The number of aryl methyl sites for hydroxylation is 1. The number of rotatable bonds is 5. The first-order valence-electron chi connectivity index (χ1n) is 4.70. The van der Waals surface area contributed by atoms with Gasteiger partial charge >= 0.3 is 0 Å². The van der Waals surface area contributed by atoms with Crippen molar-refractivity contribution in [1.29, 1.82) is 0 Å². The van der Waals surface area contributed by atoms with Crippen molar-refractivity contribution in [3.63, 3.8) is 0 Å². The van der Waals surface area contributed by atoms with E-state index >= 15 is 0 Å². The number of aliphatic hydroxyl groups excluding tert-OH is 1. The fraction of sp³-hybridized carbons (Fsp3) is 0.455. The molecule has 0 unspecified atom stereocenters. The van der Waals surface area contributed by atoms with E-state index in [9.17, 15) is 0 Å². The van der Waals surface area contributed by atoms with Gasteiger partial charge in [-0.15, -0.1) is 0 Å². The summed E-state index contributed by atoms with van der Waals surface area (Å²) >= 11 is 0. The van der Waals surface area contributed by atoms with Crippen LogP contribution < -0.4 is 5.32 Å². The molecule has 0 aliphatic heterocycles. The van der Waals surface area contributed by atoms with Crippen LogP contribution >= 0.6 is 0 Å². The van der Waals surface area contributed by atoms with E-state index in [0.29, 0.717) is 0 Å². The van der Waals surface area contributed by atoms with E-state index in [1.807, 2.05) is 0 Å². The first-order valence-corrected chi connectivity index (χ1v) is 4.70. The quantitative estimate of drug-likeness (QED) is 0.671. The molecule has 2 heteroatoms. The van der Waals surface area contributed by atoms with E-state index in [2.05, 4.69) is 36.5 Å². The maximum Gasteiger partial charge on any atom is 0.0443 e. The van der Waals surface area contributed by atoms with Crippen LogP contribution in [0.3, 0.4) is 0 Å². The molecule has 0 bridgehead atoms. The van der Waals surface area contributed by atoms with Crippen LogP contribution in [0.1, 0.15) is 17.5 Å². The standard InChI is InChI=1S/C11H17NO/c1-10-3-5-11(6-4-10)9-12-7-2-8-13/h3-6,12-13H,2,7-9H2,1H3. The monoisotopic (exact) mass is 179 g/mol. The second-order valence-corrected chi connectivity index (χ2v) is 3.24. The lowest BCUT2D eigenvalue weighted by Gasteiger charge is -2.03. The molecule has 0 aromatic heterocycles. The van der Waals surface area contributed by atoms with E-state index < -0.39 is 0 Å². The topological polar surface area (TPSA) is 32.3 Å². The highest BCUT2D eigenvalue weighted by molar-refractivity contribution is 5.20. The molecular formula is C11H17NO. The van der Waals surface area contributed by atoms with Crippen molar-refractivity contribution in [3.05, 3.63) is 35.4 Å². The van der Waals surface area contributed by atoms with Gasteiger partial charge in [-0.3, -0.25) is 0 Å². The second-order valence-electron chi connectivity index (χ2n) is 3.24. The number of aliphatic hydroxyl groups is 1. The van der Waals surface area contributed by atoms with Crippen LogP contribution in [0.2, 0.25) is 0 Å². The summed E-state index contributed by atoms with van der Waals surface area (Å²) < 4.78 is 0. The summed E-state index contributed by atoms with van der Waals surface area (Å²) in [5.41, 5.74) is 2.59. The van der Waals surface area contributed by atoms with Crippen molar-refractivity contribution >= 4 is 0 Å². The second kappa shape index (κ2) is 5.73. The van der Waals surface area contributed by atoms with Crippen LogP contribution in [0.4, 0.5) is 0 Å². The Morgan fingerprint density at radius 3 is 2.54 bits per heavy atom. The molecule has 1 aromatic rings. The summed E-state index contributed by atoms with van der Waals surface area (Å²) in [5.74, 6) is 0. The summed E-state index contributed by atoms with van der Waals surface area (Å²) in [6.07, 6.45) is 0.825. The van der Waals surface area contributed by atoms with Gasteiger partial charge in [-0.2, -0.15) is 0 Å². The highest BCUT2D eigenvalue weighted by atomic mass is 16.3. The van der Waals surface area contributed by atoms with E-state index in [0.717, 1.165) is 19.5 Å². The van der Waals surface area contributed by atoms with Gasteiger partial charge in [0.25, 0.3) is 0 Å². The molecule has 0 radical (unpaired) electrons. The largest absolute Gasteiger partial charge is 0.396 e. The van der Waals surface area contributed by atoms with Crippen LogP contribution in [-0.4, -0.2) is 18.3 Å². The normalized spacial score (nSPS) is 10.3. The molecule has 0 saturated heterocycles. The fourth-order valence-electron chi connectivity index (χ4n) is 1.14. The summed E-state index contributed by atoms with van der Waals surface area (Å²) in [6, 6.07) is 8.48. The summed E-state index contributed by atoms with van der Waals surface area (Å²) in [4.78, 5) is 0. The molecule has 0 aliphatic rings. The number of hydrogen-bond acceptors (Lipinski definition) is 2. The molecule has 0 spiro atoms. The van der Waals surface area contributed by atoms with Gasteiger partial charge in [0.2, 0.25) is 0 Å². The third kappa shape index (κ3) is 4.06. The number of nitrogens with one attached hydrogen (secondary N) is 1. The molecule has 0 saturated carbocycles. The molecule has 0 heterocycles. The SMILES string of the molecule is Cc1ccc(CNCCCO)cc1. The summed E-state index contributed by atoms with van der Waals surface area (Å²) in [5, 5.41) is 11.8. The van der Waals surface area contributed by atoms with Gasteiger partial charge in [-0.1, -0.05) is 29.8 Å². The van der Waals surface area contributed by atoms with E-state index in [1.54, 1.807) is 0 Å². The van der Waals surface area contributed by atoms with Gasteiger partial charge in [-0.25, -0.2) is 0 Å². The van der Waals surface area contributed by atoms with E-state index in [4.69, 9.17) is 5.11 Å². The highest BCUT2D eigenvalue weighted by Gasteiger charge is 1.91. The van der Waals surface area contributed by atoms with Gasteiger partial charge < -0.3 is 10.4 Å². The van der Waals surface area contributed by atoms with Crippen LogP contribution in [0.15, 0.2) is 24.3 Å². The maximum absolute atomic E-state index is 8.56. The minimum atomic E-state index is 0.265. The minimum absolute atomic E-state index is 0.265. The Morgan fingerprint density at radius 1 is 1.23 bits per heavy atom. The van der Waals surface area contributed by atoms with Crippen molar-refractivity contribution in [3.8, 4) is 0 Å². The molecule has 2 N–H and O–H groups in total. The van der Waals surface area contributed by atoms with Crippen LogP contribution in [0.25, 0.3) is 0 Å². The number of hydrogen-bond donors (Lipinski definition) is 2. The molecule has 0 amide bonds. The molecule has 2 nitrogen and oxygen atoms in total. The van der Waals surface area contributed by atoms with Crippen LogP contribution in [0, 0.1) is 6.92 Å². The van der Waals surface area contributed by atoms with Gasteiger partial charge in [-0.05, 0) is 25.5 Å². The molecular weight excluding hydrogens is 162 g/mol. The van der Waals surface area contributed by atoms with Gasteiger partial charge in [0.05, 0.1) is 0 Å². The fourth-order valence-corrected chi connectivity index (χ4v) is 1.14. The molecule has 0 fully saturated rings. The zero-order valence-electron chi connectivity index (χ0n) is 8.09. The lowest BCUT2D eigenvalue weighted by molar-refractivity contribution is 0.286.